The van der Waals surface area contributed by atoms with Crippen molar-refractivity contribution in [3.63, 3.8) is 0 Å². The molecule has 114 valence electrons. The van der Waals surface area contributed by atoms with Gasteiger partial charge in [0, 0.05) is 18.4 Å². The van der Waals surface area contributed by atoms with Crippen LogP contribution in [0.4, 0.5) is 13.2 Å². The van der Waals surface area contributed by atoms with Gasteiger partial charge in [-0.05, 0) is 30.5 Å². The van der Waals surface area contributed by atoms with Crippen LogP contribution >= 0.6 is 0 Å². The average molecular weight is 298 g/mol. The van der Waals surface area contributed by atoms with E-state index in [1.807, 2.05) is 0 Å². The van der Waals surface area contributed by atoms with Crippen molar-refractivity contribution in [2.45, 2.75) is 36.6 Å². The van der Waals surface area contributed by atoms with Crippen molar-refractivity contribution in [2.24, 2.45) is 0 Å². The summed E-state index contributed by atoms with van der Waals surface area (Å²) >= 11 is 0. The van der Waals surface area contributed by atoms with Crippen molar-refractivity contribution in [3.8, 4) is 0 Å². The quantitative estimate of drug-likeness (QED) is 0.892. The van der Waals surface area contributed by atoms with Gasteiger partial charge in [0.05, 0.1) is 12.6 Å². The monoisotopic (exact) mass is 298 g/mol. The fourth-order valence-electron chi connectivity index (χ4n) is 2.80. The van der Waals surface area contributed by atoms with Gasteiger partial charge in [-0.1, -0.05) is 12.1 Å². The summed E-state index contributed by atoms with van der Waals surface area (Å²) < 4.78 is 39.1. The second-order valence-corrected chi connectivity index (χ2v) is 6.00. The number of halogens is 3. The SMILES string of the molecule is O=C(NCC1(c2ccc(F)cc2)CC1)C1CC(F)(F)CN1. The van der Waals surface area contributed by atoms with Crippen LogP contribution in [0.2, 0.25) is 0 Å². The van der Waals surface area contributed by atoms with Gasteiger partial charge < -0.3 is 5.32 Å². The highest BCUT2D eigenvalue weighted by Gasteiger charge is 2.46. The topological polar surface area (TPSA) is 41.1 Å². The fraction of sp³-hybridized carbons (Fsp3) is 0.533. The molecule has 3 nitrogen and oxygen atoms in total. The lowest BCUT2D eigenvalue weighted by Gasteiger charge is -2.18. The summed E-state index contributed by atoms with van der Waals surface area (Å²) in [5.74, 6) is -3.49. The molecule has 21 heavy (non-hydrogen) atoms. The molecule has 1 saturated heterocycles. The first kappa shape index (κ1) is 14.4. The number of carbonyl (C=O) groups excluding carboxylic acids is 1. The number of benzene rings is 1. The van der Waals surface area contributed by atoms with Crippen LogP contribution in [0.15, 0.2) is 24.3 Å². The van der Waals surface area contributed by atoms with Gasteiger partial charge in [-0.25, -0.2) is 13.2 Å². The zero-order valence-corrected chi connectivity index (χ0v) is 11.5. The minimum atomic E-state index is -2.81. The zero-order chi connectivity index (χ0) is 15.1. The highest BCUT2D eigenvalue weighted by atomic mass is 19.3. The molecule has 6 heteroatoms. The molecule has 3 rings (SSSR count). The van der Waals surface area contributed by atoms with E-state index in [2.05, 4.69) is 10.6 Å². The van der Waals surface area contributed by atoms with Crippen molar-refractivity contribution in [1.82, 2.24) is 10.6 Å². The molecule has 1 atom stereocenters. The molecule has 1 saturated carbocycles. The Morgan fingerprint density at radius 2 is 1.95 bits per heavy atom. The Balaban J connectivity index is 1.58. The van der Waals surface area contributed by atoms with E-state index in [4.69, 9.17) is 0 Å². The predicted octanol–water partition coefficient (Wildman–Crippen LogP) is 1.97. The molecule has 1 aromatic carbocycles. The maximum atomic E-state index is 13.1. The largest absolute Gasteiger partial charge is 0.354 e. The standard InChI is InChI=1S/C15H17F3N2O/c16-11-3-1-10(2-4-11)14(5-6-14)8-20-13(21)12-7-15(17,18)9-19-12/h1-4,12,19H,5-9H2,(H,20,21). The van der Waals surface area contributed by atoms with Crippen LogP contribution in [-0.2, 0) is 10.2 Å². The third kappa shape index (κ3) is 3.05. The third-order valence-corrected chi connectivity index (χ3v) is 4.34. The van der Waals surface area contributed by atoms with E-state index in [1.165, 1.54) is 12.1 Å². The Kier molecular flexibility index (Phi) is 3.43. The zero-order valence-electron chi connectivity index (χ0n) is 11.5. The average Bonchev–Trinajstić information content (AvgIpc) is 3.14. The van der Waals surface area contributed by atoms with E-state index in [0.29, 0.717) is 6.54 Å². The Hall–Kier alpha value is -1.56. The first-order valence-corrected chi connectivity index (χ1v) is 7.05. The minimum Gasteiger partial charge on any atom is -0.354 e. The van der Waals surface area contributed by atoms with E-state index in [1.54, 1.807) is 12.1 Å². The highest BCUT2D eigenvalue weighted by Crippen LogP contribution is 2.47. The van der Waals surface area contributed by atoms with E-state index in [-0.39, 0.29) is 17.1 Å². The summed E-state index contributed by atoms with van der Waals surface area (Å²) in [7, 11) is 0. The molecule has 2 aliphatic rings. The van der Waals surface area contributed by atoms with Crippen molar-refractivity contribution in [2.75, 3.05) is 13.1 Å². The van der Waals surface area contributed by atoms with Crippen molar-refractivity contribution in [3.05, 3.63) is 35.6 Å². The third-order valence-electron chi connectivity index (χ3n) is 4.34. The van der Waals surface area contributed by atoms with Crippen LogP contribution in [-0.4, -0.2) is 31.0 Å². The number of carbonyl (C=O) groups is 1. The minimum absolute atomic E-state index is 0.162. The molecule has 0 bridgehead atoms. The molecule has 2 N–H and O–H groups in total. The lowest BCUT2D eigenvalue weighted by Crippen LogP contribution is -2.43. The summed E-state index contributed by atoms with van der Waals surface area (Å²) in [6, 6.07) is 5.41. The smallest absolute Gasteiger partial charge is 0.262 e. The Morgan fingerprint density at radius 1 is 1.29 bits per heavy atom. The first-order valence-electron chi connectivity index (χ1n) is 7.05. The number of alkyl halides is 2. The molecule has 1 amide bonds. The van der Waals surface area contributed by atoms with Gasteiger partial charge in [0.1, 0.15) is 5.82 Å². The number of rotatable bonds is 4. The van der Waals surface area contributed by atoms with Gasteiger partial charge in [-0.3, -0.25) is 10.1 Å². The molecule has 0 spiro atoms. The van der Waals surface area contributed by atoms with E-state index >= 15 is 0 Å². The molecule has 1 aliphatic carbocycles. The molecule has 0 aromatic heterocycles. The molecule has 2 fully saturated rings. The van der Waals surface area contributed by atoms with E-state index in [9.17, 15) is 18.0 Å². The Morgan fingerprint density at radius 3 is 2.48 bits per heavy atom. The van der Waals surface area contributed by atoms with Gasteiger partial charge in [-0.15, -0.1) is 0 Å². The van der Waals surface area contributed by atoms with Crippen LogP contribution in [0.5, 0.6) is 0 Å². The van der Waals surface area contributed by atoms with Crippen LogP contribution < -0.4 is 10.6 Å². The van der Waals surface area contributed by atoms with Crippen LogP contribution in [0, 0.1) is 5.82 Å². The van der Waals surface area contributed by atoms with E-state index < -0.39 is 24.9 Å². The molecule has 1 unspecified atom stereocenters. The Bertz CT molecular complexity index is 540. The second-order valence-electron chi connectivity index (χ2n) is 6.00. The van der Waals surface area contributed by atoms with Crippen molar-refractivity contribution < 1.29 is 18.0 Å². The molecule has 1 heterocycles. The normalized spacial score (nSPS) is 25.6. The molecular weight excluding hydrogens is 281 g/mol. The lowest BCUT2D eigenvalue weighted by atomic mass is 9.96. The predicted molar refractivity (Wildman–Crippen MR) is 71.7 cm³/mol. The van der Waals surface area contributed by atoms with Crippen LogP contribution in [0.3, 0.4) is 0 Å². The molecular formula is C15H17F3N2O. The Labute approximate surface area is 120 Å². The number of nitrogens with one attached hydrogen (secondary N) is 2. The summed E-state index contributed by atoms with van der Waals surface area (Å²) in [4.78, 5) is 11.9. The van der Waals surface area contributed by atoms with Gasteiger partial charge in [0.15, 0.2) is 0 Å². The highest BCUT2D eigenvalue weighted by molar-refractivity contribution is 5.82. The van der Waals surface area contributed by atoms with Crippen molar-refractivity contribution in [1.29, 1.82) is 0 Å². The molecule has 0 radical (unpaired) electrons. The van der Waals surface area contributed by atoms with Crippen molar-refractivity contribution >= 4 is 5.91 Å². The second kappa shape index (κ2) is 5.02. The van der Waals surface area contributed by atoms with Gasteiger partial charge in [0.25, 0.3) is 5.92 Å². The lowest BCUT2D eigenvalue weighted by molar-refractivity contribution is -0.123. The van der Waals surface area contributed by atoms with E-state index in [0.717, 1.165) is 18.4 Å². The summed E-state index contributed by atoms with van der Waals surface area (Å²) in [5, 5.41) is 5.29. The van der Waals surface area contributed by atoms with Gasteiger partial charge in [0.2, 0.25) is 5.91 Å². The maximum absolute atomic E-state index is 13.1. The number of hydrogen-bond donors (Lipinski definition) is 2. The maximum Gasteiger partial charge on any atom is 0.262 e. The fourth-order valence-corrected chi connectivity index (χ4v) is 2.80. The molecule has 1 aliphatic heterocycles. The first-order chi connectivity index (χ1) is 9.90. The number of hydrogen-bond acceptors (Lipinski definition) is 2. The van der Waals surface area contributed by atoms with Gasteiger partial charge in [-0.2, -0.15) is 0 Å². The summed E-state index contributed by atoms with van der Waals surface area (Å²) in [6.45, 7) is -0.0462. The van der Waals surface area contributed by atoms with Gasteiger partial charge >= 0.3 is 0 Å². The van der Waals surface area contributed by atoms with Crippen LogP contribution in [0.1, 0.15) is 24.8 Å². The van der Waals surface area contributed by atoms with Crippen LogP contribution in [0.25, 0.3) is 0 Å². The number of amides is 1. The summed E-state index contributed by atoms with van der Waals surface area (Å²) in [6.07, 6.45) is 1.36. The summed E-state index contributed by atoms with van der Waals surface area (Å²) in [5.41, 5.74) is 0.818. The molecule has 1 aromatic rings.